The van der Waals surface area contributed by atoms with E-state index in [2.05, 4.69) is 70.5 Å². The van der Waals surface area contributed by atoms with Gasteiger partial charge in [0, 0.05) is 39.1 Å². The van der Waals surface area contributed by atoms with Gasteiger partial charge in [-0.15, -0.1) is 0 Å². The summed E-state index contributed by atoms with van der Waals surface area (Å²) >= 11 is 0. The average molecular weight is 349 g/mol. The molecule has 4 rings (SSSR count). The van der Waals surface area contributed by atoms with Crippen LogP contribution in [-0.2, 0) is 4.79 Å². The van der Waals surface area contributed by atoms with E-state index in [-0.39, 0.29) is 0 Å². The first kappa shape index (κ1) is 17.3. The Morgan fingerprint density at radius 1 is 0.769 bits per heavy atom. The molecule has 0 saturated carbocycles. The quantitative estimate of drug-likeness (QED) is 0.830. The van der Waals surface area contributed by atoms with E-state index in [4.69, 9.17) is 0 Å². The Labute approximate surface area is 156 Å². The standard InChI is InChI=1S/C22H27N3O/c26-21-12-7-13-25(21)18-23-14-16-24(17-15-23)22(19-8-3-1-4-9-19)20-10-5-2-6-11-20/h1-6,8-11,22H,7,12-18H2. The summed E-state index contributed by atoms with van der Waals surface area (Å²) in [6.45, 7) is 5.80. The van der Waals surface area contributed by atoms with E-state index in [1.54, 1.807) is 0 Å². The van der Waals surface area contributed by atoms with Gasteiger partial charge in [-0.3, -0.25) is 14.6 Å². The minimum atomic E-state index is 0.299. The Balaban J connectivity index is 1.45. The van der Waals surface area contributed by atoms with E-state index >= 15 is 0 Å². The first-order valence-corrected chi connectivity index (χ1v) is 9.65. The molecule has 26 heavy (non-hydrogen) atoms. The van der Waals surface area contributed by atoms with Crippen LogP contribution in [0.5, 0.6) is 0 Å². The van der Waals surface area contributed by atoms with Crippen molar-refractivity contribution >= 4 is 5.91 Å². The average Bonchev–Trinajstić information content (AvgIpc) is 3.10. The molecule has 0 spiro atoms. The minimum Gasteiger partial charge on any atom is -0.330 e. The third-order valence-electron chi connectivity index (χ3n) is 5.54. The Hall–Kier alpha value is -2.17. The van der Waals surface area contributed by atoms with Gasteiger partial charge in [0.2, 0.25) is 5.91 Å². The highest BCUT2D eigenvalue weighted by Crippen LogP contribution is 2.29. The lowest BCUT2D eigenvalue weighted by atomic mass is 9.96. The summed E-state index contributed by atoms with van der Waals surface area (Å²) in [6, 6.07) is 21.9. The van der Waals surface area contributed by atoms with Crippen molar-refractivity contribution in [1.29, 1.82) is 0 Å². The maximum Gasteiger partial charge on any atom is 0.223 e. The number of carbonyl (C=O) groups excluding carboxylic acids is 1. The van der Waals surface area contributed by atoms with Crippen LogP contribution in [-0.4, -0.2) is 60.0 Å². The van der Waals surface area contributed by atoms with Gasteiger partial charge < -0.3 is 4.90 Å². The van der Waals surface area contributed by atoms with Crippen molar-refractivity contribution in [2.24, 2.45) is 0 Å². The molecule has 2 aliphatic rings. The molecule has 0 aromatic heterocycles. The molecule has 4 nitrogen and oxygen atoms in total. The maximum absolute atomic E-state index is 11.9. The zero-order valence-corrected chi connectivity index (χ0v) is 15.3. The lowest BCUT2D eigenvalue weighted by Crippen LogP contribution is -2.51. The molecule has 0 radical (unpaired) electrons. The van der Waals surface area contributed by atoms with Crippen molar-refractivity contribution in [3.63, 3.8) is 0 Å². The molecule has 2 heterocycles. The fraction of sp³-hybridized carbons (Fsp3) is 0.409. The summed E-state index contributed by atoms with van der Waals surface area (Å²) in [5, 5.41) is 0. The molecular formula is C22H27N3O. The van der Waals surface area contributed by atoms with E-state index in [0.29, 0.717) is 11.9 Å². The first-order chi connectivity index (χ1) is 12.8. The Morgan fingerprint density at radius 2 is 1.35 bits per heavy atom. The van der Waals surface area contributed by atoms with E-state index in [1.807, 2.05) is 4.90 Å². The predicted molar refractivity (Wildman–Crippen MR) is 104 cm³/mol. The van der Waals surface area contributed by atoms with Crippen molar-refractivity contribution < 1.29 is 4.79 Å². The van der Waals surface area contributed by atoms with E-state index in [1.165, 1.54) is 11.1 Å². The number of amides is 1. The number of likely N-dealkylation sites (tertiary alicyclic amines) is 1. The Kier molecular flexibility index (Phi) is 5.32. The van der Waals surface area contributed by atoms with Gasteiger partial charge in [0.15, 0.2) is 0 Å². The van der Waals surface area contributed by atoms with Crippen LogP contribution in [0.1, 0.15) is 30.0 Å². The van der Waals surface area contributed by atoms with Gasteiger partial charge in [-0.2, -0.15) is 0 Å². The molecule has 2 aromatic carbocycles. The smallest absolute Gasteiger partial charge is 0.223 e. The number of nitrogens with zero attached hydrogens (tertiary/aromatic N) is 3. The second-order valence-electron chi connectivity index (χ2n) is 7.28. The van der Waals surface area contributed by atoms with Crippen LogP contribution in [0.2, 0.25) is 0 Å². The molecule has 2 aliphatic heterocycles. The largest absolute Gasteiger partial charge is 0.330 e. The van der Waals surface area contributed by atoms with E-state index in [9.17, 15) is 4.79 Å². The third-order valence-corrected chi connectivity index (χ3v) is 5.54. The topological polar surface area (TPSA) is 26.8 Å². The molecule has 2 fully saturated rings. The van der Waals surface area contributed by atoms with Gasteiger partial charge in [-0.05, 0) is 17.5 Å². The molecule has 0 bridgehead atoms. The monoisotopic (exact) mass is 349 g/mol. The van der Waals surface area contributed by atoms with Gasteiger partial charge in [-0.1, -0.05) is 60.7 Å². The molecule has 0 aliphatic carbocycles. The molecule has 0 unspecified atom stereocenters. The van der Waals surface area contributed by atoms with Gasteiger partial charge in [0.25, 0.3) is 0 Å². The minimum absolute atomic E-state index is 0.299. The lowest BCUT2D eigenvalue weighted by Gasteiger charge is -2.40. The highest BCUT2D eigenvalue weighted by Gasteiger charge is 2.28. The number of benzene rings is 2. The molecule has 2 saturated heterocycles. The van der Waals surface area contributed by atoms with Crippen molar-refractivity contribution in [3.8, 4) is 0 Å². The number of hydrogen-bond acceptors (Lipinski definition) is 3. The van der Waals surface area contributed by atoms with Crippen LogP contribution in [0.25, 0.3) is 0 Å². The van der Waals surface area contributed by atoms with E-state index < -0.39 is 0 Å². The second kappa shape index (κ2) is 8.02. The highest BCUT2D eigenvalue weighted by molar-refractivity contribution is 5.77. The molecule has 1 amide bonds. The predicted octanol–water partition coefficient (Wildman–Crippen LogP) is 2.97. The second-order valence-corrected chi connectivity index (χ2v) is 7.28. The van der Waals surface area contributed by atoms with Crippen LogP contribution >= 0.6 is 0 Å². The molecule has 4 heteroatoms. The lowest BCUT2D eigenvalue weighted by molar-refractivity contribution is -0.129. The Bertz CT molecular complexity index is 671. The highest BCUT2D eigenvalue weighted by atomic mass is 16.2. The first-order valence-electron chi connectivity index (χ1n) is 9.65. The van der Waals surface area contributed by atoms with Crippen LogP contribution in [0.4, 0.5) is 0 Å². The SMILES string of the molecule is O=C1CCCN1CN1CCN(C(c2ccccc2)c2ccccc2)CC1. The fourth-order valence-electron chi connectivity index (χ4n) is 4.14. The summed E-state index contributed by atoms with van der Waals surface area (Å²) in [7, 11) is 0. The molecule has 2 aromatic rings. The zero-order valence-electron chi connectivity index (χ0n) is 15.3. The summed E-state index contributed by atoms with van der Waals surface area (Å²) < 4.78 is 0. The molecular weight excluding hydrogens is 322 g/mol. The number of piperazine rings is 1. The van der Waals surface area contributed by atoms with Crippen LogP contribution in [0.15, 0.2) is 60.7 Å². The molecule has 0 atom stereocenters. The van der Waals surface area contributed by atoms with Gasteiger partial charge >= 0.3 is 0 Å². The summed E-state index contributed by atoms with van der Waals surface area (Å²) in [4.78, 5) is 18.9. The Morgan fingerprint density at radius 3 is 1.85 bits per heavy atom. The van der Waals surface area contributed by atoms with Crippen LogP contribution in [0.3, 0.4) is 0 Å². The normalized spacial score (nSPS) is 19.4. The van der Waals surface area contributed by atoms with Crippen molar-refractivity contribution in [1.82, 2.24) is 14.7 Å². The zero-order chi connectivity index (χ0) is 17.8. The molecule has 0 N–H and O–H groups in total. The number of carbonyl (C=O) groups is 1. The van der Waals surface area contributed by atoms with Gasteiger partial charge in [0.1, 0.15) is 0 Å². The fourth-order valence-corrected chi connectivity index (χ4v) is 4.14. The summed E-state index contributed by atoms with van der Waals surface area (Å²) in [5.74, 6) is 0.318. The van der Waals surface area contributed by atoms with Crippen molar-refractivity contribution in [2.45, 2.75) is 18.9 Å². The van der Waals surface area contributed by atoms with Crippen LogP contribution < -0.4 is 0 Å². The number of hydrogen-bond donors (Lipinski definition) is 0. The van der Waals surface area contributed by atoms with E-state index in [0.717, 1.165) is 52.2 Å². The third kappa shape index (κ3) is 3.81. The van der Waals surface area contributed by atoms with Crippen molar-refractivity contribution in [2.75, 3.05) is 39.4 Å². The maximum atomic E-state index is 11.9. The van der Waals surface area contributed by atoms with Gasteiger partial charge in [0.05, 0.1) is 12.7 Å². The number of rotatable bonds is 5. The van der Waals surface area contributed by atoms with Crippen LogP contribution in [0, 0.1) is 0 Å². The summed E-state index contributed by atoms with van der Waals surface area (Å²) in [5.41, 5.74) is 2.70. The van der Waals surface area contributed by atoms with Gasteiger partial charge in [-0.25, -0.2) is 0 Å². The van der Waals surface area contributed by atoms with Crippen molar-refractivity contribution in [3.05, 3.63) is 71.8 Å². The molecule has 136 valence electrons. The summed E-state index contributed by atoms with van der Waals surface area (Å²) in [6.07, 6.45) is 1.74.